The molecule has 1 aliphatic rings. The van der Waals surface area contributed by atoms with Crippen LogP contribution in [0.4, 0.5) is 5.69 Å². The van der Waals surface area contributed by atoms with E-state index in [1.54, 1.807) is 12.1 Å². The standard InChI is InChI=1S/C20H22ClN3O/c21-18-6-8-19(9-7-18)23-20(22)10-5-16-1-3-17(4-2-16)15-24-11-13-25-14-12-24/h1-10H,11-15H2,(H2,22,23). The Kier molecular flexibility index (Phi) is 6.23. The summed E-state index contributed by atoms with van der Waals surface area (Å²) in [4.78, 5) is 6.75. The second-order valence-corrected chi connectivity index (χ2v) is 6.41. The highest BCUT2D eigenvalue weighted by molar-refractivity contribution is 6.30. The van der Waals surface area contributed by atoms with Gasteiger partial charge in [0.15, 0.2) is 0 Å². The van der Waals surface area contributed by atoms with Crippen LogP contribution in [0.25, 0.3) is 6.08 Å². The third-order valence-corrected chi connectivity index (χ3v) is 4.27. The third-order valence-electron chi connectivity index (χ3n) is 4.02. The molecule has 0 aliphatic carbocycles. The van der Waals surface area contributed by atoms with Crippen molar-refractivity contribution in [3.8, 4) is 0 Å². The van der Waals surface area contributed by atoms with Crippen molar-refractivity contribution in [2.45, 2.75) is 6.54 Å². The Morgan fingerprint density at radius 2 is 1.76 bits per heavy atom. The first-order chi connectivity index (χ1) is 12.2. The average molecular weight is 356 g/mol. The zero-order valence-electron chi connectivity index (χ0n) is 14.1. The lowest BCUT2D eigenvalue weighted by Gasteiger charge is -2.26. The van der Waals surface area contributed by atoms with E-state index in [0.29, 0.717) is 10.9 Å². The van der Waals surface area contributed by atoms with Crippen LogP contribution in [0.3, 0.4) is 0 Å². The van der Waals surface area contributed by atoms with Gasteiger partial charge < -0.3 is 10.5 Å². The summed E-state index contributed by atoms with van der Waals surface area (Å²) in [6.07, 6.45) is 3.78. The van der Waals surface area contributed by atoms with Gasteiger partial charge in [0, 0.05) is 24.7 Å². The van der Waals surface area contributed by atoms with Crippen LogP contribution in [0.5, 0.6) is 0 Å². The molecule has 0 spiro atoms. The van der Waals surface area contributed by atoms with Crippen molar-refractivity contribution in [3.05, 3.63) is 70.8 Å². The van der Waals surface area contributed by atoms with E-state index in [1.807, 2.05) is 24.3 Å². The van der Waals surface area contributed by atoms with E-state index in [9.17, 15) is 0 Å². The molecule has 2 N–H and O–H groups in total. The Bertz CT molecular complexity index is 733. The van der Waals surface area contributed by atoms with Gasteiger partial charge in [-0.25, -0.2) is 4.99 Å². The molecule has 2 aromatic rings. The number of ether oxygens (including phenoxy) is 1. The van der Waals surface area contributed by atoms with E-state index in [0.717, 1.165) is 44.1 Å². The van der Waals surface area contributed by atoms with Gasteiger partial charge in [-0.1, -0.05) is 41.9 Å². The molecule has 0 radical (unpaired) electrons. The summed E-state index contributed by atoms with van der Waals surface area (Å²) in [7, 11) is 0. The maximum atomic E-state index is 5.96. The maximum Gasteiger partial charge on any atom is 0.124 e. The molecule has 1 saturated heterocycles. The molecule has 0 amide bonds. The summed E-state index contributed by atoms with van der Waals surface area (Å²) in [5, 5.41) is 0.685. The topological polar surface area (TPSA) is 50.8 Å². The van der Waals surface area contributed by atoms with Crippen LogP contribution in [0.1, 0.15) is 11.1 Å². The fourth-order valence-electron chi connectivity index (χ4n) is 2.64. The number of hydrogen-bond donors (Lipinski definition) is 1. The van der Waals surface area contributed by atoms with Crippen molar-refractivity contribution in [3.63, 3.8) is 0 Å². The summed E-state index contributed by atoms with van der Waals surface area (Å²) < 4.78 is 5.38. The number of morpholine rings is 1. The Morgan fingerprint density at radius 1 is 1.08 bits per heavy atom. The molecule has 5 heteroatoms. The van der Waals surface area contributed by atoms with Gasteiger partial charge in [-0.2, -0.15) is 0 Å². The second kappa shape index (κ2) is 8.81. The Morgan fingerprint density at radius 3 is 2.44 bits per heavy atom. The molecule has 4 nitrogen and oxygen atoms in total. The number of benzene rings is 2. The summed E-state index contributed by atoms with van der Waals surface area (Å²) in [5.41, 5.74) is 9.15. The molecule has 0 aromatic heterocycles. The zero-order valence-corrected chi connectivity index (χ0v) is 14.8. The molecule has 25 heavy (non-hydrogen) atoms. The van der Waals surface area contributed by atoms with Crippen molar-refractivity contribution >= 4 is 29.2 Å². The quantitative estimate of drug-likeness (QED) is 0.654. The van der Waals surface area contributed by atoms with Crippen LogP contribution < -0.4 is 5.73 Å². The molecule has 0 atom stereocenters. The van der Waals surface area contributed by atoms with Gasteiger partial charge in [0.05, 0.1) is 18.9 Å². The zero-order chi connectivity index (χ0) is 17.5. The monoisotopic (exact) mass is 355 g/mol. The first-order valence-electron chi connectivity index (χ1n) is 8.36. The fraction of sp³-hybridized carbons (Fsp3) is 0.250. The highest BCUT2D eigenvalue weighted by Crippen LogP contribution is 2.16. The van der Waals surface area contributed by atoms with Crippen molar-refractivity contribution in [1.29, 1.82) is 0 Å². The minimum atomic E-state index is 0.458. The molecule has 0 unspecified atom stereocenters. The summed E-state index contributed by atoms with van der Waals surface area (Å²) in [6.45, 7) is 4.62. The summed E-state index contributed by atoms with van der Waals surface area (Å²) in [5.74, 6) is 0.458. The highest BCUT2D eigenvalue weighted by atomic mass is 35.5. The minimum absolute atomic E-state index is 0.458. The van der Waals surface area contributed by atoms with E-state index >= 15 is 0 Å². The molecule has 1 fully saturated rings. The lowest BCUT2D eigenvalue weighted by Crippen LogP contribution is -2.35. The predicted octanol–water partition coefficient (Wildman–Crippen LogP) is 3.87. The van der Waals surface area contributed by atoms with Crippen LogP contribution >= 0.6 is 11.6 Å². The van der Waals surface area contributed by atoms with Crippen molar-refractivity contribution < 1.29 is 4.74 Å². The number of hydrogen-bond acceptors (Lipinski definition) is 3. The van der Waals surface area contributed by atoms with E-state index in [2.05, 4.69) is 34.2 Å². The van der Waals surface area contributed by atoms with Crippen LogP contribution in [-0.2, 0) is 11.3 Å². The smallest absolute Gasteiger partial charge is 0.124 e. The van der Waals surface area contributed by atoms with Crippen LogP contribution in [0, 0.1) is 0 Å². The molecule has 0 saturated carbocycles. The molecule has 2 aromatic carbocycles. The van der Waals surface area contributed by atoms with Gasteiger partial charge in [-0.15, -0.1) is 0 Å². The lowest BCUT2D eigenvalue weighted by molar-refractivity contribution is 0.0342. The summed E-state index contributed by atoms with van der Waals surface area (Å²) >= 11 is 5.86. The molecular weight excluding hydrogens is 334 g/mol. The number of halogens is 1. The molecular formula is C20H22ClN3O. The van der Waals surface area contributed by atoms with Gasteiger partial charge in [-0.3, -0.25) is 4.90 Å². The number of aliphatic imine (C=N–C) groups is 1. The van der Waals surface area contributed by atoms with Gasteiger partial charge >= 0.3 is 0 Å². The van der Waals surface area contributed by atoms with Gasteiger partial charge in [0.2, 0.25) is 0 Å². The van der Waals surface area contributed by atoms with Gasteiger partial charge in [0.25, 0.3) is 0 Å². The van der Waals surface area contributed by atoms with Gasteiger partial charge in [0.1, 0.15) is 5.84 Å². The molecule has 130 valence electrons. The van der Waals surface area contributed by atoms with Crippen LogP contribution in [0.15, 0.2) is 59.6 Å². The highest BCUT2D eigenvalue weighted by Gasteiger charge is 2.10. The van der Waals surface area contributed by atoms with E-state index in [-0.39, 0.29) is 0 Å². The van der Waals surface area contributed by atoms with E-state index in [4.69, 9.17) is 22.1 Å². The van der Waals surface area contributed by atoms with Gasteiger partial charge in [-0.05, 0) is 41.5 Å². The molecule has 1 heterocycles. The number of nitrogens with zero attached hydrogens (tertiary/aromatic N) is 2. The predicted molar refractivity (Wildman–Crippen MR) is 104 cm³/mol. The minimum Gasteiger partial charge on any atom is -0.384 e. The van der Waals surface area contributed by atoms with E-state index < -0.39 is 0 Å². The van der Waals surface area contributed by atoms with Crippen LogP contribution in [0.2, 0.25) is 5.02 Å². The molecule has 1 aliphatic heterocycles. The number of nitrogens with two attached hydrogens (primary N) is 1. The SMILES string of the molecule is NC(C=Cc1ccc(CN2CCOCC2)cc1)=Nc1ccc(Cl)cc1. The van der Waals surface area contributed by atoms with Crippen molar-refractivity contribution in [2.75, 3.05) is 26.3 Å². The number of rotatable bonds is 5. The normalized spacial score (nSPS) is 16.4. The summed E-state index contributed by atoms with van der Waals surface area (Å²) in [6, 6.07) is 15.8. The maximum absolute atomic E-state index is 5.96. The Balaban J connectivity index is 1.58. The third kappa shape index (κ3) is 5.71. The van der Waals surface area contributed by atoms with Crippen molar-refractivity contribution in [1.82, 2.24) is 4.90 Å². The van der Waals surface area contributed by atoms with Crippen LogP contribution in [-0.4, -0.2) is 37.0 Å². The first-order valence-corrected chi connectivity index (χ1v) is 8.74. The molecule has 0 bridgehead atoms. The fourth-order valence-corrected chi connectivity index (χ4v) is 2.76. The molecule has 3 rings (SSSR count). The number of amidine groups is 1. The lowest BCUT2D eigenvalue weighted by atomic mass is 10.1. The first kappa shape index (κ1) is 17.7. The van der Waals surface area contributed by atoms with E-state index in [1.165, 1.54) is 5.56 Å². The Labute approximate surface area is 153 Å². The Hall–Kier alpha value is -2.14. The largest absolute Gasteiger partial charge is 0.384 e. The van der Waals surface area contributed by atoms with Crippen molar-refractivity contribution in [2.24, 2.45) is 10.7 Å². The average Bonchev–Trinajstić information content (AvgIpc) is 2.64. The second-order valence-electron chi connectivity index (χ2n) is 5.98.